The Bertz CT molecular complexity index is 358. The molecular formula is C9H9NO3. The van der Waals surface area contributed by atoms with Crippen molar-refractivity contribution in [2.75, 3.05) is 0 Å². The number of hydrogen-bond acceptors (Lipinski definition) is 3. The van der Waals surface area contributed by atoms with Gasteiger partial charge in [0.1, 0.15) is 5.75 Å². The highest BCUT2D eigenvalue weighted by Gasteiger charge is 2.01. The van der Waals surface area contributed by atoms with Gasteiger partial charge in [0, 0.05) is 13.0 Å². The quantitative estimate of drug-likeness (QED) is 0.558. The molecule has 4 heteroatoms. The number of nitrogens with zero attached hydrogens (tertiary/aromatic N) is 1. The Morgan fingerprint density at radius 1 is 1.62 bits per heavy atom. The van der Waals surface area contributed by atoms with Crippen LogP contribution >= 0.6 is 0 Å². The lowest BCUT2D eigenvalue weighted by atomic mass is 10.2. The first kappa shape index (κ1) is 9.25. The van der Waals surface area contributed by atoms with Crippen LogP contribution in [0.25, 0.3) is 6.08 Å². The molecule has 0 radical (unpaired) electrons. The molecule has 1 rings (SSSR count). The number of nitro groups is 1. The molecule has 0 saturated heterocycles. The molecule has 0 aromatic heterocycles. The van der Waals surface area contributed by atoms with Crippen LogP contribution in [0.5, 0.6) is 5.75 Å². The third-order valence-corrected chi connectivity index (χ3v) is 1.53. The SMILES string of the molecule is CC(=Cc1cccc(O)c1)[N+](=O)[O-]. The Morgan fingerprint density at radius 3 is 2.85 bits per heavy atom. The molecule has 0 unspecified atom stereocenters. The van der Waals surface area contributed by atoms with Crippen LogP contribution in [0.3, 0.4) is 0 Å². The van der Waals surface area contributed by atoms with E-state index in [9.17, 15) is 10.1 Å². The van der Waals surface area contributed by atoms with Crippen molar-refractivity contribution >= 4 is 6.08 Å². The van der Waals surface area contributed by atoms with Gasteiger partial charge in [-0.25, -0.2) is 0 Å². The highest BCUT2D eigenvalue weighted by atomic mass is 16.6. The number of phenols is 1. The Hall–Kier alpha value is -1.84. The summed E-state index contributed by atoms with van der Waals surface area (Å²) in [5.41, 5.74) is 0.666. The van der Waals surface area contributed by atoms with Gasteiger partial charge in [0.05, 0.1) is 4.92 Å². The van der Waals surface area contributed by atoms with Crippen LogP contribution in [0, 0.1) is 10.1 Å². The van der Waals surface area contributed by atoms with Gasteiger partial charge in [0.25, 0.3) is 0 Å². The second kappa shape index (κ2) is 3.71. The molecule has 0 aliphatic carbocycles. The van der Waals surface area contributed by atoms with Crippen molar-refractivity contribution in [2.24, 2.45) is 0 Å². The van der Waals surface area contributed by atoms with E-state index < -0.39 is 4.92 Å². The third kappa shape index (κ3) is 2.59. The Morgan fingerprint density at radius 2 is 2.31 bits per heavy atom. The van der Waals surface area contributed by atoms with Crippen molar-refractivity contribution < 1.29 is 10.0 Å². The standard InChI is InChI=1S/C9H9NO3/c1-7(10(12)13)5-8-3-2-4-9(11)6-8/h2-6,11H,1H3. The molecule has 0 bridgehead atoms. The molecule has 0 aliphatic heterocycles. The van der Waals surface area contributed by atoms with Crippen LogP contribution < -0.4 is 0 Å². The Balaban J connectivity index is 2.97. The van der Waals surface area contributed by atoms with Crippen LogP contribution in [0.2, 0.25) is 0 Å². The molecule has 1 aromatic rings. The van der Waals surface area contributed by atoms with Gasteiger partial charge < -0.3 is 5.11 Å². The molecule has 4 nitrogen and oxygen atoms in total. The third-order valence-electron chi connectivity index (χ3n) is 1.53. The fourth-order valence-electron chi connectivity index (χ4n) is 0.908. The smallest absolute Gasteiger partial charge is 0.243 e. The number of allylic oxidation sites excluding steroid dienone is 1. The number of hydrogen-bond donors (Lipinski definition) is 1. The maximum Gasteiger partial charge on any atom is 0.243 e. The number of benzene rings is 1. The second-order valence-electron chi connectivity index (χ2n) is 2.64. The van der Waals surface area contributed by atoms with Gasteiger partial charge in [-0.2, -0.15) is 0 Å². The van der Waals surface area contributed by atoms with E-state index in [2.05, 4.69) is 0 Å². The normalized spacial score (nSPS) is 11.3. The monoisotopic (exact) mass is 179 g/mol. The minimum Gasteiger partial charge on any atom is -0.508 e. The second-order valence-corrected chi connectivity index (χ2v) is 2.64. The maximum absolute atomic E-state index is 10.3. The molecule has 0 saturated carbocycles. The van der Waals surface area contributed by atoms with Gasteiger partial charge in [0.15, 0.2) is 0 Å². The van der Waals surface area contributed by atoms with Crippen LogP contribution in [0.1, 0.15) is 12.5 Å². The van der Waals surface area contributed by atoms with Crippen LogP contribution in [-0.2, 0) is 0 Å². The first-order valence-corrected chi connectivity index (χ1v) is 3.71. The number of rotatable bonds is 2. The van der Waals surface area contributed by atoms with E-state index in [-0.39, 0.29) is 11.4 Å². The molecule has 0 heterocycles. The average Bonchev–Trinajstić information content (AvgIpc) is 2.04. The lowest BCUT2D eigenvalue weighted by Crippen LogP contribution is -1.92. The highest BCUT2D eigenvalue weighted by molar-refractivity contribution is 5.52. The van der Waals surface area contributed by atoms with E-state index in [0.717, 1.165) is 0 Å². The molecule has 0 atom stereocenters. The molecule has 68 valence electrons. The van der Waals surface area contributed by atoms with Gasteiger partial charge in [-0.15, -0.1) is 0 Å². The zero-order valence-electron chi connectivity index (χ0n) is 7.10. The Labute approximate surface area is 75.3 Å². The van der Waals surface area contributed by atoms with Gasteiger partial charge >= 0.3 is 0 Å². The zero-order valence-corrected chi connectivity index (χ0v) is 7.10. The molecule has 13 heavy (non-hydrogen) atoms. The average molecular weight is 179 g/mol. The summed E-state index contributed by atoms with van der Waals surface area (Å²) in [7, 11) is 0. The van der Waals surface area contributed by atoms with Crippen molar-refractivity contribution in [3.05, 3.63) is 45.6 Å². The van der Waals surface area contributed by atoms with Crippen molar-refractivity contribution in [2.45, 2.75) is 6.92 Å². The largest absolute Gasteiger partial charge is 0.508 e. The van der Waals surface area contributed by atoms with Crippen molar-refractivity contribution in [3.63, 3.8) is 0 Å². The molecule has 0 fully saturated rings. The van der Waals surface area contributed by atoms with E-state index in [1.165, 1.54) is 25.1 Å². The van der Waals surface area contributed by atoms with E-state index >= 15 is 0 Å². The maximum atomic E-state index is 10.3. The van der Waals surface area contributed by atoms with Crippen molar-refractivity contribution in [1.29, 1.82) is 0 Å². The summed E-state index contributed by atoms with van der Waals surface area (Å²) in [5.74, 6) is 0.102. The van der Waals surface area contributed by atoms with Gasteiger partial charge in [0.2, 0.25) is 5.70 Å². The Kier molecular flexibility index (Phi) is 2.64. The summed E-state index contributed by atoms with van der Waals surface area (Å²) in [6.45, 7) is 1.41. The van der Waals surface area contributed by atoms with E-state index in [4.69, 9.17) is 5.11 Å². The molecule has 0 aliphatic rings. The molecule has 0 spiro atoms. The van der Waals surface area contributed by atoms with E-state index in [1.807, 2.05) is 0 Å². The fraction of sp³-hybridized carbons (Fsp3) is 0.111. The first-order chi connectivity index (χ1) is 6.09. The summed E-state index contributed by atoms with van der Waals surface area (Å²) >= 11 is 0. The first-order valence-electron chi connectivity index (χ1n) is 3.71. The minimum absolute atomic E-state index is 0.0469. The fourth-order valence-corrected chi connectivity index (χ4v) is 0.908. The van der Waals surface area contributed by atoms with Crippen LogP contribution in [0.4, 0.5) is 0 Å². The van der Waals surface area contributed by atoms with Crippen molar-refractivity contribution in [3.8, 4) is 5.75 Å². The topological polar surface area (TPSA) is 63.4 Å². The summed E-state index contributed by atoms with van der Waals surface area (Å²) in [5, 5.41) is 19.3. The van der Waals surface area contributed by atoms with Crippen molar-refractivity contribution in [1.82, 2.24) is 0 Å². The molecular weight excluding hydrogens is 170 g/mol. The minimum atomic E-state index is -0.468. The predicted molar refractivity (Wildman–Crippen MR) is 48.8 cm³/mol. The highest BCUT2D eigenvalue weighted by Crippen LogP contribution is 2.13. The zero-order chi connectivity index (χ0) is 9.84. The van der Waals surface area contributed by atoms with Gasteiger partial charge in [-0.05, 0) is 17.7 Å². The summed E-state index contributed by atoms with van der Waals surface area (Å²) < 4.78 is 0. The predicted octanol–water partition coefficient (Wildman–Crippen LogP) is 2.03. The molecule has 1 aromatic carbocycles. The lowest BCUT2D eigenvalue weighted by Gasteiger charge is -1.94. The van der Waals surface area contributed by atoms with Gasteiger partial charge in [-0.3, -0.25) is 10.1 Å². The summed E-state index contributed by atoms with van der Waals surface area (Å²) in [6.07, 6.45) is 1.40. The number of aromatic hydroxyl groups is 1. The summed E-state index contributed by atoms with van der Waals surface area (Å²) in [4.78, 5) is 9.80. The summed E-state index contributed by atoms with van der Waals surface area (Å²) in [6, 6.07) is 6.30. The molecule has 0 amide bonds. The molecule has 1 N–H and O–H groups in total. The van der Waals surface area contributed by atoms with E-state index in [0.29, 0.717) is 5.56 Å². The van der Waals surface area contributed by atoms with Gasteiger partial charge in [-0.1, -0.05) is 12.1 Å². The number of phenolic OH excluding ortho intramolecular Hbond substituents is 1. The van der Waals surface area contributed by atoms with Crippen LogP contribution in [-0.4, -0.2) is 10.0 Å². The van der Waals surface area contributed by atoms with E-state index in [1.54, 1.807) is 12.1 Å². The lowest BCUT2D eigenvalue weighted by molar-refractivity contribution is -0.422. The van der Waals surface area contributed by atoms with Crippen LogP contribution in [0.15, 0.2) is 30.0 Å².